The summed E-state index contributed by atoms with van der Waals surface area (Å²) in [6.07, 6.45) is 4.62. The predicted molar refractivity (Wildman–Crippen MR) is 92.3 cm³/mol. The maximum atomic E-state index is 12.0. The molecule has 1 heterocycles. The number of carbonyl (C=O) groups is 2. The summed E-state index contributed by atoms with van der Waals surface area (Å²) in [5, 5.41) is 0. The summed E-state index contributed by atoms with van der Waals surface area (Å²) in [5.74, 6) is -1.51. The largest absolute Gasteiger partial charge is 0.493 e. The third-order valence-electron chi connectivity index (χ3n) is 3.62. The highest BCUT2D eigenvalue weighted by Gasteiger charge is 2.38. The van der Waals surface area contributed by atoms with Gasteiger partial charge in [0, 0.05) is 13.8 Å². The van der Waals surface area contributed by atoms with Gasteiger partial charge in [0.25, 0.3) is 5.79 Å². The Morgan fingerprint density at radius 2 is 1.76 bits per heavy atom. The van der Waals surface area contributed by atoms with Crippen molar-refractivity contribution in [1.82, 2.24) is 0 Å². The zero-order valence-electron chi connectivity index (χ0n) is 15.1. The van der Waals surface area contributed by atoms with Crippen LogP contribution >= 0.6 is 0 Å². The predicted octanol–water partition coefficient (Wildman–Crippen LogP) is 3.48. The Bertz CT molecular complexity index is 652. The molecule has 1 fully saturated rings. The molecule has 0 aromatic heterocycles. The number of ether oxygens (including phenoxy) is 4. The molecule has 2 rings (SSSR count). The monoisotopic (exact) mass is 348 g/mol. The minimum Gasteiger partial charge on any atom is -0.493 e. The van der Waals surface area contributed by atoms with Crippen LogP contribution in [0.2, 0.25) is 0 Å². The fourth-order valence-corrected chi connectivity index (χ4v) is 2.37. The van der Waals surface area contributed by atoms with E-state index in [4.69, 9.17) is 18.9 Å². The highest BCUT2D eigenvalue weighted by atomic mass is 16.7. The van der Waals surface area contributed by atoms with Gasteiger partial charge in [-0.05, 0) is 30.2 Å². The first-order chi connectivity index (χ1) is 11.9. The Kier molecular flexibility index (Phi) is 6.07. The number of hydrogen-bond acceptors (Lipinski definition) is 6. The van der Waals surface area contributed by atoms with Crippen LogP contribution in [0.5, 0.6) is 11.5 Å². The molecule has 1 saturated heterocycles. The van der Waals surface area contributed by atoms with Crippen molar-refractivity contribution in [2.24, 2.45) is 0 Å². The minimum atomic E-state index is -1.25. The Morgan fingerprint density at radius 3 is 2.36 bits per heavy atom. The molecular formula is C19H24O6. The smallest absolute Gasteiger partial charge is 0.348 e. The molecule has 0 unspecified atom stereocenters. The lowest BCUT2D eigenvalue weighted by Gasteiger charge is -2.29. The maximum Gasteiger partial charge on any atom is 0.348 e. The molecule has 0 saturated carbocycles. The quantitative estimate of drug-likeness (QED) is 0.325. The van der Waals surface area contributed by atoms with E-state index in [0.717, 1.165) is 19.3 Å². The average molecular weight is 348 g/mol. The van der Waals surface area contributed by atoms with Crippen LogP contribution in [0, 0.1) is 0 Å². The average Bonchev–Trinajstić information content (AvgIpc) is 2.54. The molecule has 0 bridgehead atoms. The first kappa shape index (κ1) is 18.8. The maximum absolute atomic E-state index is 12.0. The summed E-state index contributed by atoms with van der Waals surface area (Å²) >= 11 is 0. The van der Waals surface area contributed by atoms with E-state index in [9.17, 15) is 9.59 Å². The first-order valence-corrected chi connectivity index (χ1v) is 8.35. The van der Waals surface area contributed by atoms with Gasteiger partial charge in [0.05, 0.1) is 13.7 Å². The van der Waals surface area contributed by atoms with Gasteiger partial charge in [-0.15, -0.1) is 0 Å². The summed E-state index contributed by atoms with van der Waals surface area (Å²) < 4.78 is 21.2. The van der Waals surface area contributed by atoms with E-state index >= 15 is 0 Å². The molecular weight excluding hydrogens is 324 g/mol. The highest BCUT2D eigenvalue weighted by Crippen LogP contribution is 2.30. The second-order valence-electron chi connectivity index (χ2n) is 6.20. The van der Waals surface area contributed by atoms with E-state index in [1.54, 1.807) is 18.2 Å². The molecule has 1 aromatic carbocycles. The van der Waals surface area contributed by atoms with Gasteiger partial charge in [0.1, 0.15) is 5.57 Å². The van der Waals surface area contributed by atoms with Gasteiger partial charge in [-0.1, -0.05) is 25.8 Å². The van der Waals surface area contributed by atoms with Crippen LogP contribution < -0.4 is 9.47 Å². The Morgan fingerprint density at radius 1 is 1.08 bits per heavy atom. The molecule has 136 valence electrons. The summed E-state index contributed by atoms with van der Waals surface area (Å²) in [7, 11) is 1.54. The van der Waals surface area contributed by atoms with Crippen molar-refractivity contribution >= 4 is 18.0 Å². The van der Waals surface area contributed by atoms with Crippen LogP contribution in [0.3, 0.4) is 0 Å². The van der Waals surface area contributed by atoms with Crippen molar-refractivity contribution in [3.8, 4) is 11.5 Å². The number of methoxy groups -OCH3 is 1. The molecule has 0 atom stereocenters. The Hall–Kier alpha value is -2.50. The fraction of sp³-hybridized carbons (Fsp3) is 0.474. The van der Waals surface area contributed by atoms with E-state index in [1.807, 2.05) is 0 Å². The van der Waals surface area contributed by atoms with Gasteiger partial charge in [0.2, 0.25) is 0 Å². The fourth-order valence-electron chi connectivity index (χ4n) is 2.37. The van der Waals surface area contributed by atoms with Crippen molar-refractivity contribution in [3.05, 3.63) is 29.3 Å². The number of cyclic esters (lactones) is 2. The molecule has 6 heteroatoms. The second-order valence-corrected chi connectivity index (χ2v) is 6.20. The van der Waals surface area contributed by atoms with E-state index < -0.39 is 17.7 Å². The zero-order chi connectivity index (χ0) is 18.4. The number of hydrogen-bond donors (Lipinski definition) is 0. The molecule has 0 N–H and O–H groups in total. The third-order valence-corrected chi connectivity index (χ3v) is 3.62. The van der Waals surface area contributed by atoms with Crippen LogP contribution in [0.1, 0.15) is 45.6 Å². The lowest BCUT2D eigenvalue weighted by Crippen LogP contribution is -2.41. The van der Waals surface area contributed by atoms with Crippen LogP contribution in [0.25, 0.3) is 6.08 Å². The minimum absolute atomic E-state index is 0.155. The Labute approximate surface area is 147 Å². The topological polar surface area (TPSA) is 71.1 Å². The second kappa shape index (κ2) is 8.05. The normalized spacial score (nSPS) is 16.1. The van der Waals surface area contributed by atoms with Gasteiger partial charge in [0.15, 0.2) is 11.5 Å². The molecule has 1 aliphatic rings. The van der Waals surface area contributed by atoms with Gasteiger partial charge in [-0.25, -0.2) is 9.59 Å². The molecule has 25 heavy (non-hydrogen) atoms. The van der Waals surface area contributed by atoms with Crippen molar-refractivity contribution in [1.29, 1.82) is 0 Å². The molecule has 6 nitrogen and oxygen atoms in total. The molecule has 0 amide bonds. The lowest BCUT2D eigenvalue weighted by molar-refractivity contribution is -0.222. The summed E-state index contributed by atoms with van der Waals surface area (Å²) in [6, 6.07) is 5.19. The Balaban J connectivity index is 2.17. The van der Waals surface area contributed by atoms with Crippen LogP contribution in [0.15, 0.2) is 23.8 Å². The number of benzene rings is 1. The number of rotatable bonds is 7. The first-order valence-electron chi connectivity index (χ1n) is 8.35. The van der Waals surface area contributed by atoms with Gasteiger partial charge in [-0.3, -0.25) is 0 Å². The third kappa shape index (κ3) is 4.98. The number of carbonyl (C=O) groups excluding carboxylic acids is 2. The molecule has 1 aromatic rings. The van der Waals surface area contributed by atoms with Gasteiger partial charge in [-0.2, -0.15) is 0 Å². The van der Waals surface area contributed by atoms with E-state index in [-0.39, 0.29) is 5.57 Å². The van der Waals surface area contributed by atoms with Gasteiger partial charge >= 0.3 is 11.9 Å². The van der Waals surface area contributed by atoms with Gasteiger partial charge < -0.3 is 18.9 Å². The molecule has 0 aliphatic carbocycles. The zero-order valence-corrected chi connectivity index (χ0v) is 15.1. The summed E-state index contributed by atoms with van der Waals surface area (Å²) in [5.41, 5.74) is 0.458. The van der Waals surface area contributed by atoms with Crippen LogP contribution in [0.4, 0.5) is 0 Å². The highest BCUT2D eigenvalue weighted by molar-refractivity contribution is 6.18. The lowest BCUT2D eigenvalue weighted by atomic mass is 10.1. The number of unbranched alkanes of at least 4 members (excludes halogenated alkanes) is 2. The van der Waals surface area contributed by atoms with Crippen LogP contribution in [-0.4, -0.2) is 31.4 Å². The number of esters is 2. The van der Waals surface area contributed by atoms with Crippen molar-refractivity contribution < 1.29 is 28.5 Å². The SMILES string of the molecule is CCCCCOc1ccc(C=C2C(=O)OC(C)(C)OC2=O)cc1OC. The van der Waals surface area contributed by atoms with Crippen molar-refractivity contribution in [2.75, 3.05) is 13.7 Å². The molecule has 0 radical (unpaired) electrons. The van der Waals surface area contributed by atoms with Crippen LogP contribution in [-0.2, 0) is 19.1 Å². The van der Waals surface area contributed by atoms with E-state index in [1.165, 1.54) is 27.0 Å². The van der Waals surface area contributed by atoms with Crippen molar-refractivity contribution in [3.63, 3.8) is 0 Å². The molecule has 1 aliphatic heterocycles. The van der Waals surface area contributed by atoms with E-state index in [0.29, 0.717) is 23.7 Å². The standard InChI is InChI=1S/C19H24O6/c1-5-6-7-10-23-15-9-8-13(12-16(15)22-4)11-14-17(20)24-19(2,3)25-18(14)21/h8-9,11-12H,5-7,10H2,1-4H3. The van der Waals surface area contributed by atoms with Crippen molar-refractivity contribution in [2.45, 2.75) is 45.8 Å². The van der Waals surface area contributed by atoms with E-state index in [2.05, 4.69) is 6.92 Å². The molecule has 0 spiro atoms. The summed E-state index contributed by atoms with van der Waals surface area (Å²) in [4.78, 5) is 24.0. The summed E-state index contributed by atoms with van der Waals surface area (Å²) in [6.45, 7) is 5.75.